The van der Waals surface area contributed by atoms with Crippen LogP contribution in [0.1, 0.15) is 24.0 Å². The number of carbonyl (C=O) groups excluding carboxylic acids is 1. The van der Waals surface area contributed by atoms with Crippen LogP contribution in [-0.4, -0.2) is 32.2 Å². The number of anilines is 2. The number of carbonyl (C=O) groups is 1. The highest BCUT2D eigenvalue weighted by atomic mass is 16.2. The molecule has 4 nitrogen and oxygen atoms in total. The minimum atomic E-state index is 0.0295. The third-order valence-corrected chi connectivity index (χ3v) is 5.25. The third-order valence-electron chi connectivity index (χ3n) is 5.25. The number of nitrogens with one attached hydrogen (secondary N) is 1. The van der Waals surface area contributed by atoms with Crippen LogP contribution >= 0.6 is 0 Å². The van der Waals surface area contributed by atoms with Crippen LogP contribution in [0, 0.1) is 0 Å². The molecule has 0 unspecified atom stereocenters. The predicted molar refractivity (Wildman–Crippen MR) is 102 cm³/mol. The van der Waals surface area contributed by atoms with E-state index >= 15 is 0 Å². The molecule has 1 N–H and O–H groups in total. The van der Waals surface area contributed by atoms with Crippen molar-refractivity contribution in [3.05, 3.63) is 59.7 Å². The minimum Gasteiger partial charge on any atom is -0.369 e. The Morgan fingerprint density at radius 2 is 1.60 bits per heavy atom. The van der Waals surface area contributed by atoms with Gasteiger partial charge in [0.2, 0.25) is 0 Å². The first-order valence-corrected chi connectivity index (χ1v) is 9.29. The van der Waals surface area contributed by atoms with E-state index in [9.17, 15) is 4.79 Å². The summed E-state index contributed by atoms with van der Waals surface area (Å²) in [5.74, 6) is 0. The molecule has 0 saturated carbocycles. The summed E-state index contributed by atoms with van der Waals surface area (Å²) >= 11 is 0. The van der Waals surface area contributed by atoms with Crippen molar-refractivity contribution in [2.45, 2.75) is 25.7 Å². The van der Waals surface area contributed by atoms with Crippen molar-refractivity contribution in [2.24, 2.45) is 0 Å². The average Bonchev–Trinajstić information content (AvgIpc) is 2.93. The third kappa shape index (κ3) is 3.34. The molecule has 0 spiro atoms. The van der Waals surface area contributed by atoms with E-state index in [0.29, 0.717) is 6.54 Å². The first-order chi connectivity index (χ1) is 12.3. The largest absolute Gasteiger partial charge is 0.369 e. The smallest absolute Gasteiger partial charge is 0.321 e. The summed E-state index contributed by atoms with van der Waals surface area (Å²) in [5, 5.41) is 3.12. The van der Waals surface area contributed by atoms with Crippen molar-refractivity contribution < 1.29 is 4.79 Å². The van der Waals surface area contributed by atoms with Crippen molar-refractivity contribution in [3.8, 4) is 0 Å². The molecule has 0 radical (unpaired) electrons. The second-order valence-electron chi connectivity index (χ2n) is 6.84. The van der Waals surface area contributed by atoms with E-state index in [0.717, 1.165) is 51.0 Å². The summed E-state index contributed by atoms with van der Waals surface area (Å²) in [4.78, 5) is 17.0. The Labute approximate surface area is 149 Å². The van der Waals surface area contributed by atoms with E-state index in [2.05, 4.69) is 52.7 Å². The molecule has 2 aromatic rings. The van der Waals surface area contributed by atoms with Gasteiger partial charge in [-0.05, 0) is 48.9 Å². The number of para-hydroxylation sites is 2. The predicted octanol–water partition coefficient (Wildman–Crippen LogP) is 3.60. The van der Waals surface area contributed by atoms with Crippen LogP contribution in [0.15, 0.2) is 48.5 Å². The maximum absolute atomic E-state index is 12.7. The van der Waals surface area contributed by atoms with Gasteiger partial charge in [-0.1, -0.05) is 36.4 Å². The zero-order valence-corrected chi connectivity index (χ0v) is 14.6. The summed E-state index contributed by atoms with van der Waals surface area (Å²) in [6, 6.07) is 16.9. The number of rotatable bonds is 3. The fraction of sp³-hybridized carbons (Fsp3) is 0.381. The number of aryl methyl sites for hydroxylation is 1. The van der Waals surface area contributed by atoms with Crippen LogP contribution in [0.4, 0.5) is 16.2 Å². The van der Waals surface area contributed by atoms with Gasteiger partial charge in [0.25, 0.3) is 0 Å². The van der Waals surface area contributed by atoms with E-state index in [1.165, 1.54) is 16.8 Å². The summed E-state index contributed by atoms with van der Waals surface area (Å²) in [6.07, 6.45) is 4.36. The minimum absolute atomic E-state index is 0.0295. The Hall–Kier alpha value is -2.49. The lowest BCUT2D eigenvalue weighted by Crippen LogP contribution is -2.43. The summed E-state index contributed by atoms with van der Waals surface area (Å²) in [5.41, 5.74) is 5.08. The molecule has 2 aliphatic rings. The van der Waals surface area contributed by atoms with E-state index in [4.69, 9.17) is 0 Å². The molecule has 0 aliphatic carbocycles. The molecule has 0 fully saturated rings. The summed E-state index contributed by atoms with van der Waals surface area (Å²) < 4.78 is 0. The van der Waals surface area contributed by atoms with Gasteiger partial charge in [-0.2, -0.15) is 0 Å². The highest BCUT2D eigenvalue weighted by Gasteiger charge is 2.21. The van der Waals surface area contributed by atoms with Crippen molar-refractivity contribution in [1.82, 2.24) is 5.32 Å². The van der Waals surface area contributed by atoms with Crippen molar-refractivity contribution in [1.29, 1.82) is 0 Å². The van der Waals surface area contributed by atoms with Crippen LogP contribution in [0.3, 0.4) is 0 Å². The molecule has 2 amide bonds. The fourth-order valence-electron chi connectivity index (χ4n) is 3.93. The van der Waals surface area contributed by atoms with Gasteiger partial charge in [0.15, 0.2) is 0 Å². The first kappa shape index (κ1) is 16.0. The average molecular weight is 335 g/mol. The number of urea groups is 1. The summed E-state index contributed by atoms with van der Waals surface area (Å²) in [6.45, 7) is 3.38. The van der Waals surface area contributed by atoms with Gasteiger partial charge in [-0.3, -0.25) is 4.90 Å². The normalized spacial score (nSPS) is 16.2. The second kappa shape index (κ2) is 7.18. The fourth-order valence-corrected chi connectivity index (χ4v) is 3.93. The maximum Gasteiger partial charge on any atom is 0.321 e. The van der Waals surface area contributed by atoms with Crippen LogP contribution < -0.4 is 15.1 Å². The van der Waals surface area contributed by atoms with Gasteiger partial charge in [0, 0.05) is 37.6 Å². The molecule has 2 aromatic carbocycles. The van der Waals surface area contributed by atoms with Gasteiger partial charge in [0.05, 0.1) is 0 Å². The molecular formula is C21H25N3O. The number of benzene rings is 2. The highest BCUT2D eigenvalue weighted by Crippen LogP contribution is 2.27. The van der Waals surface area contributed by atoms with E-state index in [1.54, 1.807) is 0 Å². The Morgan fingerprint density at radius 3 is 2.44 bits per heavy atom. The molecule has 4 heteroatoms. The van der Waals surface area contributed by atoms with Crippen molar-refractivity contribution in [3.63, 3.8) is 0 Å². The lowest BCUT2D eigenvalue weighted by atomic mass is 10.1. The Balaban J connectivity index is 1.37. The second-order valence-corrected chi connectivity index (χ2v) is 6.84. The lowest BCUT2D eigenvalue weighted by molar-refractivity contribution is 0.246. The first-order valence-electron chi connectivity index (χ1n) is 9.29. The number of hydrogen-bond acceptors (Lipinski definition) is 2. The Kier molecular flexibility index (Phi) is 4.59. The Morgan fingerprint density at radius 1 is 0.880 bits per heavy atom. The standard InChI is InChI=1S/C21H25N3O/c25-21(24-14-6-5-9-17-7-2-4-11-20(17)24)22-13-16-23-15-12-18-8-1-3-10-19(18)23/h1-4,7-8,10-11H,5-6,9,12-16H2,(H,22,25). The van der Waals surface area contributed by atoms with Gasteiger partial charge in [-0.25, -0.2) is 4.79 Å². The van der Waals surface area contributed by atoms with E-state index < -0.39 is 0 Å². The molecule has 0 aromatic heterocycles. The van der Waals surface area contributed by atoms with Gasteiger partial charge in [0.1, 0.15) is 0 Å². The van der Waals surface area contributed by atoms with Crippen LogP contribution in [0.2, 0.25) is 0 Å². The molecule has 4 rings (SSSR count). The van der Waals surface area contributed by atoms with Gasteiger partial charge in [-0.15, -0.1) is 0 Å². The number of fused-ring (bicyclic) bond motifs is 2. The topological polar surface area (TPSA) is 35.6 Å². The Bertz CT molecular complexity index is 758. The summed E-state index contributed by atoms with van der Waals surface area (Å²) in [7, 11) is 0. The van der Waals surface area contributed by atoms with E-state index in [1.807, 2.05) is 11.0 Å². The van der Waals surface area contributed by atoms with Crippen molar-refractivity contribution in [2.75, 3.05) is 36.0 Å². The zero-order valence-electron chi connectivity index (χ0n) is 14.6. The number of nitrogens with zero attached hydrogens (tertiary/aromatic N) is 2. The van der Waals surface area contributed by atoms with Crippen LogP contribution in [0.5, 0.6) is 0 Å². The quantitative estimate of drug-likeness (QED) is 0.930. The molecule has 0 bridgehead atoms. The van der Waals surface area contributed by atoms with E-state index in [-0.39, 0.29) is 6.03 Å². The molecule has 25 heavy (non-hydrogen) atoms. The zero-order chi connectivity index (χ0) is 17.1. The molecule has 130 valence electrons. The molecule has 2 heterocycles. The number of amides is 2. The highest BCUT2D eigenvalue weighted by molar-refractivity contribution is 5.93. The molecule has 2 aliphatic heterocycles. The number of hydrogen-bond donors (Lipinski definition) is 1. The van der Waals surface area contributed by atoms with Gasteiger partial charge < -0.3 is 10.2 Å². The van der Waals surface area contributed by atoms with Gasteiger partial charge >= 0.3 is 6.03 Å². The van der Waals surface area contributed by atoms with Crippen LogP contribution in [-0.2, 0) is 12.8 Å². The lowest BCUT2D eigenvalue weighted by Gasteiger charge is -2.25. The molecular weight excluding hydrogens is 310 g/mol. The monoisotopic (exact) mass is 335 g/mol. The maximum atomic E-state index is 12.7. The molecule has 0 saturated heterocycles. The van der Waals surface area contributed by atoms with Crippen molar-refractivity contribution >= 4 is 17.4 Å². The van der Waals surface area contributed by atoms with Crippen LogP contribution in [0.25, 0.3) is 0 Å². The molecule has 0 atom stereocenters. The SMILES string of the molecule is O=C(NCCN1CCc2ccccc21)N1CCCCc2ccccc21.